The van der Waals surface area contributed by atoms with E-state index in [1.807, 2.05) is 30.3 Å². The quantitative estimate of drug-likeness (QED) is 0.128. The zero-order chi connectivity index (χ0) is 98.7. The van der Waals surface area contributed by atoms with E-state index in [-0.39, 0.29) is 0 Å². The molecule has 143 heavy (non-hydrogen) atoms. The van der Waals surface area contributed by atoms with E-state index in [1.54, 1.807) is 0 Å². The molecule has 0 heteroatoms. The Morgan fingerprint density at radius 3 is 0.636 bits per heavy atom. The molecule has 0 radical (unpaired) electrons. The van der Waals surface area contributed by atoms with Crippen molar-refractivity contribution in [1.82, 2.24) is 0 Å². The predicted octanol–water partition coefficient (Wildman–Crippen LogP) is 40.4. The van der Waals surface area contributed by atoms with Gasteiger partial charge >= 0.3 is 0 Å². The van der Waals surface area contributed by atoms with Crippen molar-refractivity contribution in [1.29, 1.82) is 0 Å². The molecule has 0 nitrogen and oxygen atoms in total. The van der Waals surface area contributed by atoms with E-state index in [9.17, 15) is 0 Å². The highest BCUT2D eigenvalue weighted by molar-refractivity contribution is 6.00. The number of benzene rings is 24. The van der Waals surface area contributed by atoms with Gasteiger partial charge in [-0.3, -0.25) is 0 Å². The summed E-state index contributed by atoms with van der Waals surface area (Å²) in [6.45, 7) is 19.1. The first kappa shape index (κ1) is 98.6. The van der Waals surface area contributed by atoms with Gasteiger partial charge in [-0.2, -0.15) is 0 Å². The fourth-order valence-corrected chi connectivity index (χ4v) is 17.8. The van der Waals surface area contributed by atoms with Crippen LogP contribution in [0.1, 0.15) is 50.1 Å². The fraction of sp³-hybridized carbons (Fsp3) is 0.0629. The van der Waals surface area contributed by atoms with Crippen LogP contribution < -0.4 is 0 Å². The van der Waals surface area contributed by atoms with E-state index in [0.717, 1.165) is 0 Å². The summed E-state index contributed by atoms with van der Waals surface area (Å²) in [5.74, 6) is 0. The summed E-state index contributed by atoms with van der Waals surface area (Å²) in [7, 11) is 0. The molecule has 0 N–H and O–H groups in total. The van der Waals surface area contributed by atoms with Gasteiger partial charge in [-0.15, -0.1) is 0 Å². The van der Waals surface area contributed by atoms with Crippen LogP contribution in [0.5, 0.6) is 0 Å². The average molecular weight is 1840 g/mol. The van der Waals surface area contributed by atoms with Crippen LogP contribution in [0.2, 0.25) is 0 Å². The van der Waals surface area contributed by atoms with Crippen LogP contribution in [-0.2, 0) is 0 Å². The van der Waals surface area contributed by atoms with Crippen LogP contribution in [0, 0.1) is 62.3 Å². The highest BCUT2D eigenvalue weighted by Crippen LogP contribution is 2.37. The summed E-state index contributed by atoms with van der Waals surface area (Å²) < 4.78 is 0. The largest absolute Gasteiger partial charge is 0.0622 e. The minimum Gasteiger partial charge on any atom is -0.0622 e. The minimum atomic E-state index is 1.26. The van der Waals surface area contributed by atoms with Gasteiger partial charge in [0.15, 0.2) is 0 Å². The van der Waals surface area contributed by atoms with Gasteiger partial charge in [0.05, 0.1) is 0 Å². The molecule has 0 aromatic heterocycles. The summed E-state index contributed by atoms with van der Waals surface area (Å²) in [4.78, 5) is 0. The Morgan fingerprint density at radius 1 is 0.0839 bits per heavy atom. The fourth-order valence-electron chi connectivity index (χ4n) is 17.8. The summed E-state index contributed by atoms with van der Waals surface area (Å²) >= 11 is 0. The summed E-state index contributed by atoms with van der Waals surface area (Å²) in [6, 6.07) is 203. The van der Waals surface area contributed by atoms with Crippen molar-refractivity contribution in [2.45, 2.75) is 62.3 Å². The third-order valence-corrected chi connectivity index (χ3v) is 25.3. The third-order valence-electron chi connectivity index (χ3n) is 25.3. The standard InChI is InChI=1S/C23H18.C19H16.4C17H14.2C13H12.C7H8/c1-17-14-20(18-8-3-2-4-9-18)16-21(15-17)23-13-7-11-19-10-5-6-12-22(19)23;1-15-12-18(16-8-4-2-5-9-16)14-19(13-15)17-10-6-3-7-11-17;1-13-6-4-9-15(12-13)17-11-5-8-14-7-2-3-10-16(14)17;1-13-5-4-8-15(11-13)17-10-9-14-6-2-3-7-16(14)12-17;1-13-9-11-15(12-10-13)17-8-4-6-14-5-2-3-7-16(14)17;1-13-6-8-15(9-7-13)17-11-10-14-4-2-3-5-16(14)12-17;1-11-6-5-9-13(10-11)12-7-3-2-4-8-12;1-11-7-9-13(10-8-11)12-5-3-2-4-6-12;1-7-5-3-2-4-6-7/h2-16H,1H3;2-14H,1H3;4*2-12H,1H3;2*2-10H,1H3;2-6H,1H3. The second-order valence-electron chi connectivity index (χ2n) is 36.6. The Morgan fingerprint density at radius 2 is 0.280 bits per heavy atom. The molecular formula is C143H122. The Bertz CT molecular complexity index is 8060. The molecule has 0 unspecified atom stereocenters. The maximum atomic E-state index is 2.30. The lowest BCUT2D eigenvalue weighted by Gasteiger charge is -2.11. The van der Waals surface area contributed by atoms with Crippen LogP contribution in [0.25, 0.3) is 165 Å². The zero-order valence-corrected chi connectivity index (χ0v) is 83.3. The first-order chi connectivity index (χ1) is 70.1. The van der Waals surface area contributed by atoms with Crippen molar-refractivity contribution in [3.05, 3.63) is 626 Å². The average Bonchev–Trinajstić information content (AvgIpc) is 0.792. The summed E-state index contributed by atoms with van der Waals surface area (Å²) in [5.41, 5.74) is 37.4. The van der Waals surface area contributed by atoms with Crippen molar-refractivity contribution in [3.8, 4) is 111 Å². The molecule has 0 fully saturated rings. The number of aryl methyl sites for hydroxylation is 9. The Hall–Kier alpha value is -17.4. The smallest absolute Gasteiger partial charge is 0.0105 e. The molecule has 0 aliphatic carbocycles. The van der Waals surface area contributed by atoms with Gasteiger partial charge in [-0.25, -0.2) is 0 Å². The highest BCUT2D eigenvalue weighted by atomic mass is 14.2. The second-order valence-corrected chi connectivity index (χ2v) is 36.6. The minimum absolute atomic E-state index is 1.26. The first-order valence-corrected chi connectivity index (χ1v) is 49.5. The van der Waals surface area contributed by atoms with Gasteiger partial charge in [0.25, 0.3) is 0 Å². The SMILES string of the molecule is Cc1cc(-c2ccccc2)cc(-c2cccc3ccccc23)c1.Cc1cc(-c2ccccc2)cc(-c2ccccc2)c1.Cc1ccc(-c2ccc3ccccc3c2)cc1.Cc1ccc(-c2cccc3ccccc23)cc1.Cc1ccc(-c2ccccc2)cc1.Cc1cccc(-c2ccc3ccccc3c2)c1.Cc1cccc(-c2cccc3ccccc23)c1.Cc1cccc(-c2ccccc2)c1.Cc1ccccc1. The molecule has 24 aromatic carbocycles. The molecule has 0 spiro atoms. The van der Waals surface area contributed by atoms with Crippen LogP contribution in [0.4, 0.5) is 0 Å². The second kappa shape index (κ2) is 50.3. The van der Waals surface area contributed by atoms with E-state index in [0.29, 0.717) is 0 Å². The molecule has 0 aliphatic heterocycles. The highest BCUT2D eigenvalue weighted by Gasteiger charge is 2.12. The van der Waals surface area contributed by atoms with Crippen LogP contribution in [0.15, 0.2) is 576 Å². The number of hydrogen-bond donors (Lipinski definition) is 0. The van der Waals surface area contributed by atoms with Gasteiger partial charge in [-0.05, 0) is 263 Å². The van der Waals surface area contributed by atoms with Crippen molar-refractivity contribution in [3.63, 3.8) is 0 Å². The Labute approximate surface area is 847 Å². The van der Waals surface area contributed by atoms with Gasteiger partial charge in [0, 0.05) is 0 Å². The van der Waals surface area contributed by atoms with Gasteiger partial charge in [0.2, 0.25) is 0 Å². The van der Waals surface area contributed by atoms with Gasteiger partial charge in [-0.1, -0.05) is 591 Å². The maximum Gasteiger partial charge on any atom is -0.0105 e. The monoisotopic (exact) mass is 1840 g/mol. The van der Waals surface area contributed by atoms with Crippen molar-refractivity contribution in [2.24, 2.45) is 0 Å². The lowest BCUT2D eigenvalue weighted by Crippen LogP contribution is -1.86. The van der Waals surface area contributed by atoms with Crippen LogP contribution in [-0.4, -0.2) is 0 Å². The van der Waals surface area contributed by atoms with E-state index in [2.05, 4.69) is 608 Å². The summed E-state index contributed by atoms with van der Waals surface area (Å²) in [6.07, 6.45) is 0. The number of rotatable bonds is 10. The van der Waals surface area contributed by atoms with Crippen LogP contribution >= 0.6 is 0 Å². The predicted molar refractivity (Wildman–Crippen MR) is 623 cm³/mol. The Kier molecular flexibility index (Phi) is 34.7. The zero-order valence-electron chi connectivity index (χ0n) is 83.3. The molecule has 24 rings (SSSR count). The third kappa shape index (κ3) is 28.2. The molecule has 0 aliphatic rings. The van der Waals surface area contributed by atoms with Gasteiger partial charge in [0.1, 0.15) is 0 Å². The number of fused-ring (bicyclic) bond motifs is 5. The van der Waals surface area contributed by atoms with Crippen molar-refractivity contribution in [2.75, 3.05) is 0 Å². The lowest BCUT2D eigenvalue weighted by molar-refractivity contribution is 1.46. The first-order valence-electron chi connectivity index (χ1n) is 49.5. The Balaban J connectivity index is 0.000000117. The lowest BCUT2D eigenvalue weighted by atomic mass is 9.93. The van der Waals surface area contributed by atoms with Crippen molar-refractivity contribution >= 4 is 53.9 Å². The molecule has 0 bridgehead atoms. The molecule has 0 atom stereocenters. The van der Waals surface area contributed by atoms with E-state index < -0.39 is 0 Å². The normalized spacial score (nSPS) is 10.4. The molecule has 0 amide bonds. The van der Waals surface area contributed by atoms with Crippen molar-refractivity contribution < 1.29 is 0 Å². The van der Waals surface area contributed by atoms with E-state index >= 15 is 0 Å². The number of hydrogen-bond acceptors (Lipinski definition) is 0. The molecule has 0 saturated carbocycles. The summed E-state index contributed by atoms with van der Waals surface area (Å²) in [5, 5.41) is 13.0. The van der Waals surface area contributed by atoms with E-state index in [1.165, 1.54) is 215 Å². The topological polar surface area (TPSA) is 0 Å². The molecular weight excluding hydrogens is 1720 g/mol. The van der Waals surface area contributed by atoms with Gasteiger partial charge < -0.3 is 0 Å². The molecule has 694 valence electrons. The molecule has 0 heterocycles. The van der Waals surface area contributed by atoms with E-state index in [4.69, 9.17) is 0 Å². The molecule has 24 aromatic rings. The van der Waals surface area contributed by atoms with Crippen LogP contribution in [0.3, 0.4) is 0 Å². The maximum absolute atomic E-state index is 2.30. The molecule has 0 saturated heterocycles.